The lowest BCUT2D eigenvalue weighted by molar-refractivity contribution is 0.354. The highest BCUT2D eigenvalue weighted by Gasteiger charge is 2.20. The van der Waals surface area contributed by atoms with E-state index in [0.29, 0.717) is 12.4 Å². The second-order valence-corrected chi connectivity index (χ2v) is 6.56. The lowest BCUT2D eigenvalue weighted by Gasteiger charge is -2.21. The van der Waals surface area contributed by atoms with E-state index in [4.69, 9.17) is 9.47 Å². The number of nitrogens with zero attached hydrogens (tertiary/aromatic N) is 2. The number of hydrogen-bond acceptors (Lipinski definition) is 5. The van der Waals surface area contributed by atoms with Gasteiger partial charge in [0, 0.05) is 12.2 Å². The van der Waals surface area contributed by atoms with Crippen molar-refractivity contribution >= 4 is 5.82 Å². The fraction of sp³-hybridized carbons (Fsp3) is 0.429. The van der Waals surface area contributed by atoms with E-state index in [2.05, 4.69) is 16.4 Å². The molecule has 136 valence electrons. The Morgan fingerprint density at radius 1 is 1.12 bits per heavy atom. The number of ether oxygens (including phenoxy) is 2. The zero-order valence-corrected chi connectivity index (χ0v) is 15.7. The number of hydrogen-bond donors (Lipinski definition) is 1. The van der Waals surface area contributed by atoms with Gasteiger partial charge in [-0.3, -0.25) is 0 Å². The lowest BCUT2D eigenvalue weighted by Crippen LogP contribution is -2.14. The fourth-order valence-corrected chi connectivity index (χ4v) is 3.62. The second-order valence-electron chi connectivity index (χ2n) is 6.56. The van der Waals surface area contributed by atoms with Crippen LogP contribution in [0.4, 0.5) is 5.82 Å². The van der Waals surface area contributed by atoms with Gasteiger partial charge in [-0.15, -0.1) is 0 Å². The first-order valence-corrected chi connectivity index (χ1v) is 9.05. The zero-order chi connectivity index (χ0) is 18.5. The highest BCUT2D eigenvalue weighted by molar-refractivity contribution is 5.60. The normalized spacial score (nSPS) is 12.8. The number of anilines is 1. The van der Waals surface area contributed by atoms with Gasteiger partial charge >= 0.3 is 0 Å². The molecule has 0 amide bonds. The molecule has 0 saturated heterocycles. The molecule has 5 nitrogen and oxygen atoms in total. The number of aromatic nitrogens is 1. The van der Waals surface area contributed by atoms with Gasteiger partial charge in [0.1, 0.15) is 11.9 Å². The van der Waals surface area contributed by atoms with E-state index in [-0.39, 0.29) is 0 Å². The number of nitrogens with one attached hydrogen (secondary N) is 1. The maximum absolute atomic E-state index is 9.65. The summed E-state index contributed by atoms with van der Waals surface area (Å²) in [6.45, 7) is 2.75. The van der Waals surface area contributed by atoms with Crippen LogP contribution in [0.2, 0.25) is 0 Å². The van der Waals surface area contributed by atoms with Gasteiger partial charge in [-0.2, -0.15) is 5.26 Å². The summed E-state index contributed by atoms with van der Waals surface area (Å²) in [5, 5.41) is 13.0. The Labute approximate surface area is 155 Å². The predicted octanol–water partition coefficient (Wildman–Crippen LogP) is 3.81. The molecule has 0 atom stereocenters. The van der Waals surface area contributed by atoms with Crippen molar-refractivity contribution in [2.24, 2.45) is 0 Å². The van der Waals surface area contributed by atoms with Gasteiger partial charge in [0.2, 0.25) is 0 Å². The van der Waals surface area contributed by atoms with Gasteiger partial charge in [-0.1, -0.05) is 6.07 Å². The van der Waals surface area contributed by atoms with E-state index >= 15 is 0 Å². The molecule has 5 heteroatoms. The van der Waals surface area contributed by atoms with Crippen LogP contribution in [0.3, 0.4) is 0 Å². The van der Waals surface area contributed by atoms with E-state index in [1.807, 2.05) is 25.1 Å². The highest BCUT2D eigenvalue weighted by atomic mass is 16.5. The Bertz CT molecular complexity index is 840. The molecule has 0 fully saturated rings. The van der Waals surface area contributed by atoms with Crippen LogP contribution in [-0.2, 0) is 19.3 Å². The lowest BCUT2D eigenvalue weighted by atomic mass is 9.88. The van der Waals surface area contributed by atoms with Gasteiger partial charge < -0.3 is 14.8 Å². The molecule has 0 spiro atoms. The van der Waals surface area contributed by atoms with E-state index in [1.54, 1.807) is 14.2 Å². The first-order valence-electron chi connectivity index (χ1n) is 9.05. The smallest absolute Gasteiger partial charge is 0.160 e. The van der Waals surface area contributed by atoms with Crippen molar-refractivity contribution in [2.45, 2.75) is 39.0 Å². The topological polar surface area (TPSA) is 67.2 Å². The van der Waals surface area contributed by atoms with Crippen molar-refractivity contribution in [3.8, 4) is 17.6 Å². The number of methoxy groups -OCH3 is 2. The molecule has 26 heavy (non-hydrogen) atoms. The molecule has 0 unspecified atom stereocenters. The van der Waals surface area contributed by atoms with Crippen LogP contribution in [0.1, 0.15) is 40.8 Å². The molecule has 3 rings (SSSR count). The first-order chi connectivity index (χ1) is 12.7. The minimum Gasteiger partial charge on any atom is -0.493 e. The van der Waals surface area contributed by atoms with Crippen LogP contribution < -0.4 is 14.8 Å². The number of rotatable bonds is 6. The SMILES string of the molecule is COc1ccc(CCNc2nc(C)c3c(c2C#N)CCCC3)cc1OC. The average molecular weight is 351 g/mol. The Morgan fingerprint density at radius 3 is 2.54 bits per heavy atom. The third-order valence-electron chi connectivity index (χ3n) is 4.99. The summed E-state index contributed by atoms with van der Waals surface area (Å²) in [4.78, 5) is 4.67. The fourth-order valence-electron chi connectivity index (χ4n) is 3.62. The van der Waals surface area contributed by atoms with Crippen LogP contribution in [0.15, 0.2) is 18.2 Å². The van der Waals surface area contributed by atoms with Crippen molar-refractivity contribution < 1.29 is 9.47 Å². The Balaban J connectivity index is 1.74. The molecular weight excluding hydrogens is 326 g/mol. The minimum atomic E-state index is 0.704. The van der Waals surface area contributed by atoms with Gasteiger partial charge in [-0.25, -0.2) is 4.98 Å². The third-order valence-corrected chi connectivity index (χ3v) is 4.99. The minimum absolute atomic E-state index is 0.704. The summed E-state index contributed by atoms with van der Waals surface area (Å²) in [5.74, 6) is 2.17. The Kier molecular flexibility index (Phi) is 5.62. The second kappa shape index (κ2) is 8.09. The molecule has 2 aromatic rings. The monoisotopic (exact) mass is 351 g/mol. The standard InChI is InChI=1S/C21H25N3O2/c1-14-16-6-4-5-7-17(16)18(13-22)21(24-14)23-11-10-15-8-9-19(25-2)20(12-15)26-3/h8-9,12H,4-7,10-11H2,1-3H3,(H,23,24). The summed E-state index contributed by atoms with van der Waals surface area (Å²) in [5.41, 5.74) is 5.38. The molecule has 0 radical (unpaired) electrons. The molecule has 1 aromatic carbocycles. The summed E-state index contributed by atoms with van der Waals surface area (Å²) in [6.07, 6.45) is 5.16. The summed E-state index contributed by atoms with van der Waals surface area (Å²) in [6, 6.07) is 8.30. The number of nitriles is 1. The van der Waals surface area contributed by atoms with Crippen molar-refractivity contribution in [3.05, 3.63) is 46.1 Å². The number of benzene rings is 1. The maximum atomic E-state index is 9.65. The predicted molar refractivity (Wildman–Crippen MR) is 102 cm³/mol. The zero-order valence-electron chi connectivity index (χ0n) is 15.7. The van der Waals surface area contributed by atoms with Gasteiger partial charge in [0.05, 0.1) is 19.8 Å². The summed E-state index contributed by atoms with van der Waals surface area (Å²) >= 11 is 0. The highest BCUT2D eigenvalue weighted by Crippen LogP contribution is 2.30. The van der Waals surface area contributed by atoms with Crippen molar-refractivity contribution in [2.75, 3.05) is 26.1 Å². The summed E-state index contributed by atoms with van der Waals surface area (Å²) in [7, 11) is 3.27. The van der Waals surface area contributed by atoms with Crippen LogP contribution in [0, 0.1) is 18.3 Å². The van der Waals surface area contributed by atoms with Crippen molar-refractivity contribution in [1.82, 2.24) is 4.98 Å². The van der Waals surface area contributed by atoms with Gasteiger partial charge in [0.25, 0.3) is 0 Å². The maximum Gasteiger partial charge on any atom is 0.160 e. The van der Waals surface area contributed by atoms with Crippen molar-refractivity contribution in [1.29, 1.82) is 5.26 Å². The van der Waals surface area contributed by atoms with Crippen LogP contribution >= 0.6 is 0 Å². The molecule has 1 aromatic heterocycles. The number of aryl methyl sites for hydroxylation is 1. The van der Waals surface area contributed by atoms with E-state index in [9.17, 15) is 5.26 Å². The van der Waals surface area contributed by atoms with Crippen LogP contribution in [-0.4, -0.2) is 25.7 Å². The van der Waals surface area contributed by atoms with Gasteiger partial charge in [-0.05, 0) is 67.9 Å². The quantitative estimate of drug-likeness (QED) is 0.857. The Morgan fingerprint density at radius 2 is 1.85 bits per heavy atom. The molecule has 0 bridgehead atoms. The average Bonchev–Trinajstić information content (AvgIpc) is 2.68. The van der Waals surface area contributed by atoms with E-state index < -0.39 is 0 Å². The molecule has 1 aliphatic rings. The third kappa shape index (κ3) is 3.60. The van der Waals surface area contributed by atoms with E-state index in [1.165, 1.54) is 17.5 Å². The largest absolute Gasteiger partial charge is 0.493 e. The Hall–Kier alpha value is -2.74. The van der Waals surface area contributed by atoms with Crippen molar-refractivity contribution in [3.63, 3.8) is 0 Å². The molecule has 0 saturated carbocycles. The molecule has 1 N–H and O–H groups in total. The van der Waals surface area contributed by atoms with E-state index in [0.717, 1.165) is 54.0 Å². The molecular formula is C21H25N3O2. The molecule has 1 aliphatic carbocycles. The number of fused-ring (bicyclic) bond motifs is 1. The summed E-state index contributed by atoms with van der Waals surface area (Å²) < 4.78 is 10.6. The van der Waals surface area contributed by atoms with Gasteiger partial charge in [0.15, 0.2) is 11.5 Å². The van der Waals surface area contributed by atoms with Crippen LogP contribution in [0.25, 0.3) is 0 Å². The molecule has 1 heterocycles. The van der Waals surface area contributed by atoms with Crippen LogP contribution in [0.5, 0.6) is 11.5 Å². The first kappa shape index (κ1) is 18.1. The number of pyridine rings is 1. The molecule has 0 aliphatic heterocycles.